The first-order valence-corrected chi connectivity index (χ1v) is 8.39. The Morgan fingerprint density at radius 3 is 2.84 bits per heavy atom. The molecule has 2 aromatic rings. The lowest BCUT2D eigenvalue weighted by molar-refractivity contribution is -0.117. The minimum Gasteiger partial charge on any atom is -0.497 e. The van der Waals surface area contributed by atoms with Crippen LogP contribution in [0.4, 0.5) is 5.69 Å². The predicted octanol–water partition coefficient (Wildman–Crippen LogP) is 2.64. The van der Waals surface area contributed by atoms with Crippen molar-refractivity contribution in [3.8, 4) is 11.5 Å². The van der Waals surface area contributed by atoms with Crippen LogP contribution in [-0.2, 0) is 4.79 Å². The SMILES string of the molecule is CCOc1ccccc1NC(=O)C1CC(c2cccc(OC)c2)NN1. The quantitative estimate of drug-likeness (QED) is 0.753. The lowest BCUT2D eigenvalue weighted by atomic mass is 10.0. The Morgan fingerprint density at radius 2 is 2.04 bits per heavy atom. The maximum Gasteiger partial charge on any atom is 0.243 e. The fourth-order valence-electron chi connectivity index (χ4n) is 2.88. The van der Waals surface area contributed by atoms with Crippen LogP contribution in [0.1, 0.15) is 24.9 Å². The third-order valence-electron chi connectivity index (χ3n) is 4.16. The standard InChI is InChI=1S/C19H23N3O3/c1-3-25-18-10-5-4-9-15(18)20-19(23)17-12-16(21-22-17)13-7-6-8-14(11-13)24-2/h4-11,16-17,21-22H,3,12H2,1-2H3,(H,20,23). The van der Waals surface area contributed by atoms with Crippen LogP contribution in [0, 0.1) is 0 Å². The van der Waals surface area contributed by atoms with Gasteiger partial charge in [0.05, 0.1) is 19.4 Å². The number of amides is 1. The molecule has 3 rings (SSSR count). The largest absolute Gasteiger partial charge is 0.497 e. The fourth-order valence-corrected chi connectivity index (χ4v) is 2.88. The highest BCUT2D eigenvalue weighted by atomic mass is 16.5. The van der Waals surface area contributed by atoms with Crippen molar-refractivity contribution in [3.63, 3.8) is 0 Å². The molecule has 3 N–H and O–H groups in total. The predicted molar refractivity (Wildman–Crippen MR) is 96.7 cm³/mol. The number of hydrogen-bond acceptors (Lipinski definition) is 5. The van der Waals surface area contributed by atoms with E-state index >= 15 is 0 Å². The van der Waals surface area contributed by atoms with E-state index in [1.807, 2.05) is 55.5 Å². The second-order valence-corrected chi connectivity index (χ2v) is 5.82. The van der Waals surface area contributed by atoms with Crippen molar-refractivity contribution >= 4 is 11.6 Å². The summed E-state index contributed by atoms with van der Waals surface area (Å²) in [6, 6.07) is 15.0. The molecule has 6 nitrogen and oxygen atoms in total. The van der Waals surface area contributed by atoms with Crippen LogP contribution in [0.25, 0.3) is 0 Å². The normalized spacial score (nSPS) is 19.4. The van der Waals surface area contributed by atoms with E-state index in [4.69, 9.17) is 9.47 Å². The van der Waals surface area contributed by atoms with Gasteiger partial charge in [0.25, 0.3) is 0 Å². The number of ether oxygens (including phenoxy) is 2. The first-order chi connectivity index (χ1) is 12.2. The molecule has 25 heavy (non-hydrogen) atoms. The summed E-state index contributed by atoms with van der Waals surface area (Å²) < 4.78 is 10.8. The summed E-state index contributed by atoms with van der Waals surface area (Å²) in [6.07, 6.45) is 0.649. The molecule has 0 spiro atoms. The van der Waals surface area contributed by atoms with Crippen molar-refractivity contribution in [2.45, 2.75) is 25.4 Å². The van der Waals surface area contributed by atoms with Crippen molar-refractivity contribution in [2.24, 2.45) is 0 Å². The number of carbonyl (C=O) groups is 1. The first-order valence-electron chi connectivity index (χ1n) is 8.39. The molecule has 0 aromatic heterocycles. The van der Waals surface area contributed by atoms with E-state index in [-0.39, 0.29) is 18.0 Å². The van der Waals surface area contributed by atoms with Crippen molar-refractivity contribution < 1.29 is 14.3 Å². The fraction of sp³-hybridized carbons (Fsp3) is 0.316. The van der Waals surface area contributed by atoms with Gasteiger partial charge in [0.15, 0.2) is 0 Å². The summed E-state index contributed by atoms with van der Waals surface area (Å²) in [6.45, 7) is 2.47. The van der Waals surface area contributed by atoms with Crippen LogP contribution in [0.5, 0.6) is 11.5 Å². The Hall–Kier alpha value is -2.57. The average Bonchev–Trinajstić information content (AvgIpc) is 3.14. The first kappa shape index (κ1) is 17.3. The maximum atomic E-state index is 12.6. The number of rotatable bonds is 6. The van der Waals surface area contributed by atoms with E-state index in [0.717, 1.165) is 11.3 Å². The van der Waals surface area contributed by atoms with Crippen molar-refractivity contribution in [1.29, 1.82) is 0 Å². The summed E-state index contributed by atoms with van der Waals surface area (Å²) in [7, 11) is 1.64. The van der Waals surface area contributed by atoms with Gasteiger partial charge in [-0.1, -0.05) is 24.3 Å². The van der Waals surface area contributed by atoms with Gasteiger partial charge >= 0.3 is 0 Å². The van der Waals surface area contributed by atoms with Gasteiger partial charge in [-0.2, -0.15) is 0 Å². The molecular formula is C19H23N3O3. The number of methoxy groups -OCH3 is 1. The summed E-state index contributed by atoms with van der Waals surface area (Å²) in [5.41, 5.74) is 8.02. The van der Waals surface area contributed by atoms with Crippen molar-refractivity contribution in [2.75, 3.05) is 19.0 Å². The molecule has 1 aliphatic heterocycles. The highest BCUT2D eigenvalue weighted by Gasteiger charge is 2.30. The van der Waals surface area contributed by atoms with Gasteiger partial charge in [0.2, 0.25) is 5.91 Å². The molecule has 0 radical (unpaired) electrons. The Kier molecular flexibility index (Phi) is 5.53. The summed E-state index contributed by atoms with van der Waals surface area (Å²) >= 11 is 0. The van der Waals surface area contributed by atoms with E-state index in [2.05, 4.69) is 16.2 Å². The van der Waals surface area contributed by atoms with Gasteiger partial charge in [-0.3, -0.25) is 4.79 Å². The Bertz CT molecular complexity index is 735. The van der Waals surface area contributed by atoms with Crippen molar-refractivity contribution in [1.82, 2.24) is 10.9 Å². The molecule has 2 unspecified atom stereocenters. The molecule has 0 aliphatic carbocycles. The summed E-state index contributed by atoms with van der Waals surface area (Å²) in [4.78, 5) is 12.6. The van der Waals surface area contributed by atoms with Crippen LogP contribution in [0.2, 0.25) is 0 Å². The number of hydrazine groups is 1. The van der Waals surface area contributed by atoms with Crippen LogP contribution < -0.4 is 25.6 Å². The van der Waals surface area contributed by atoms with E-state index in [9.17, 15) is 4.79 Å². The summed E-state index contributed by atoms with van der Waals surface area (Å²) in [5, 5.41) is 2.94. The van der Waals surface area contributed by atoms with Crippen LogP contribution in [-0.4, -0.2) is 25.7 Å². The van der Waals surface area contributed by atoms with Gasteiger partial charge in [-0.25, -0.2) is 10.9 Å². The topological polar surface area (TPSA) is 71.6 Å². The van der Waals surface area contributed by atoms with Crippen LogP contribution in [0.3, 0.4) is 0 Å². The number of anilines is 1. The average molecular weight is 341 g/mol. The lowest BCUT2D eigenvalue weighted by Gasteiger charge is -2.14. The van der Waals surface area contributed by atoms with E-state index in [0.29, 0.717) is 24.5 Å². The lowest BCUT2D eigenvalue weighted by Crippen LogP contribution is -2.39. The van der Waals surface area contributed by atoms with Crippen molar-refractivity contribution in [3.05, 3.63) is 54.1 Å². The minimum absolute atomic E-state index is 0.0491. The Balaban J connectivity index is 1.65. The van der Waals surface area contributed by atoms with Gasteiger partial charge in [0.1, 0.15) is 17.5 Å². The number of benzene rings is 2. The molecule has 1 fully saturated rings. The molecule has 132 valence electrons. The molecule has 1 aliphatic rings. The third kappa shape index (κ3) is 4.10. The van der Waals surface area contributed by atoms with E-state index in [1.54, 1.807) is 7.11 Å². The maximum absolute atomic E-state index is 12.6. The number of nitrogens with one attached hydrogen (secondary N) is 3. The highest BCUT2D eigenvalue weighted by Crippen LogP contribution is 2.27. The molecule has 1 amide bonds. The zero-order valence-electron chi connectivity index (χ0n) is 14.4. The second-order valence-electron chi connectivity index (χ2n) is 5.82. The van der Waals surface area contributed by atoms with Crippen LogP contribution >= 0.6 is 0 Å². The minimum atomic E-state index is -0.328. The summed E-state index contributed by atoms with van der Waals surface area (Å²) in [5.74, 6) is 1.39. The Morgan fingerprint density at radius 1 is 1.20 bits per heavy atom. The second kappa shape index (κ2) is 8.00. The molecule has 2 aromatic carbocycles. The monoisotopic (exact) mass is 341 g/mol. The molecule has 2 atom stereocenters. The van der Waals surface area contributed by atoms with Gasteiger partial charge in [-0.05, 0) is 43.2 Å². The number of para-hydroxylation sites is 2. The van der Waals surface area contributed by atoms with Gasteiger partial charge in [0, 0.05) is 6.04 Å². The smallest absolute Gasteiger partial charge is 0.243 e. The molecular weight excluding hydrogens is 318 g/mol. The van der Waals surface area contributed by atoms with E-state index in [1.165, 1.54) is 0 Å². The van der Waals surface area contributed by atoms with E-state index < -0.39 is 0 Å². The molecule has 1 heterocycles. The number of hydrogen-bond donors (Lipinski definition) is 3. The molecule has 0 bridgehead atoms. The molecule has 1 saturated heterocycles. The molecule has 0 saturated carbocycles. The third-order valence-corrected chi connectivity index (χ3v) is 4.16. The highest BCUT2D eigenvalue weighted by molar-refractivity contribution is 5.96. The Labute approximate surface area is 147 Å². The van der Waals surface area contributed by atoms with Gasteiger partial charge < -0.3 is 14.8 Å². The zero-order chi connectivity index (χ0) is 17.6. The molecule has 6 heteroatoms. The van der Waals surface area contributed by atoms with Crippen LogP contribution in [0.15, 0.2) is 48.5 Å². The van der Waals surface area contributed by atoms with Gasteiger partial charge in [-0.15, -0.1) is 0 Å². The number of carbonyl (C=O) groups excluding carboxylic acids is 1. The zero-order valence-corrected chi connectivity index (χ0v) is 14.4.